The first-order valence-corrected chi connectivity index (χ1v) is 8.29. The lowest BCUT2D eigenvalue weighted by molar-refractivity contribution is 0.0778. The number of hydrogen-bond donors (Lipinski definition) is 1. The molecule has 1 aliphatic heterocycles. The van der Waals surface area contributed by atoms with Gasteiger partial charge in [-0.1, -0.05) is 11.3 Å². The van der Waals surface area contributed by atoms with Crippen molar-refractivity contribution in [3.63, 3.8) is 0 Å². The maximum atomic E-state index is 13.3. The third-order valence-corrected chi connectivity index (χ3v) is 4.54. The smallest absolute Gasteiger partial charge is 0.276 e. The number of carbonyl (C=O) groups is 1. The van der Waals surface area contributed by atoms with Crippen molar-refractivity contribution in [1.82, 2.24) is 25.2 Å². The Hall–Kier alpha value is -2.35. The van der Waals surface area contributed by atoms with Crippen LogP contribution in [-0.2, 0) is 6.54 Å². The fourth-order valence-electron chi connectivity index (χ4n) is 3.10. The summed E-state index contributed by atoms with van der Waals surface area (Å²) < 4.78 is 28.1. The molecule has 0 bridgehead atoms. The van der Waals surface area contributed by atoms with E-state index in [-0.39, 0.29) is 18.5 Å². The number of amides is 1. The van der Waals surface area contributed by atoms with E-state index in [4.69, 9.17) is 0 Å². The highest BCUT2D eigenvalue weighted by molar-refractivity contribution is 5.93. The van der Waals surface area contributed by atoms with Crippen LogP contribution >= 0.6 is 0 Å². The molecular weight excluding hydrogens is 328 g/mol. The van der Waals surface area contributed by atoms with Crippen LogP contribution in [0.5, 0.6) is 0 Å². The van der Waals surface area contributed by atoms with E-state index in [9.17, 15) is 13.6 Å². The average Bonchev–Trinajstić information content (AvgIpc) is 2.99. The molecule has 0 saturated carbocycles. The first-order valence-electron chi connectivity index (χ1n) is 8.29. The fraction of sp³-hybridized carbons (Fsp3) is 0.471. The Bertz CT molecular complexity index is 770. The molecule has 0 spiro atoms. The fourth-order valence-corrected chi connectivity index (χ4v) is 3.10. The highest BCUT2D eigenvalue weighted by atomic mass is 19.2. The van der Waals surface area contributed by atoms with E-state index in [1.807, 2.05) is 11.6 Å². The average molecular weight is 349 g/mol. The molecule has 1 N–H and O–H groups in total. The molecular formula is C17H21F2N5O. The lowest BCUT2D eigenvalue weighted by Gasteiger charge is -2.23. The molecule has 1 amide bonds. The van der Waals surface area contributed by atoms with E-state index in [1.54, 1.807) is 7.05 Å². The molecule has 1 saturated heterocycles. The second-order valence-corrected chi connectivity index (χ2v) is 6.36. The normalized spacial score (nSPS) is 15.4. The van der Waals surface area contributed by atoms with Crippen molar-refractivity contribution in [3.8, 4) is 0 Å². The molecule has 1 aliphatic rings. The Morgan fingerprint density at radius 3 is 2.72 bits per heavy atom. The van der Waals surface area contributed by atoms with Gasteiger partial charge in [0.1, 0.15) is 0 Å². The minimum atomic E-state index is -0.925. The standard InChI is InChI=1S/C17H21F2N5O/c1-11-16(21-22-24(11)13-5-7-20-8-6-13)17(25)23(2)10-12-3-4-14(18)15(19)9-12/h3-4,9,13,20H,5-8,10H2,1-2H3. The SMILES string of the molecule is Cc1c(C(=O)N(C)Cc2ccc(F)c(F)c2)nnn1C1CCNCC1. The van der Waals surface area contributed by atoms with Crippen molar-refractivity contribution < 1.29 is 13.6 Å². The number of benzene rings is 1. The molecule has 1 aromatic heterocycles. The number of aromatic nitrogens is 3. The van der Waals surface area contributed by atoms with Crippen LogP contribution in [0.25, 0.3) is 0 Å². The van der Waals surface area contributed by atoms with Crippen LogP contribution in [0.4, 0.5) is 8.78 Å². The summed E-state index contributed by atoms with van der Waals surface area (Å²) in [6.07, 6.45) is 1.89. The van der Waals surface area contributed by atoms with Gasteiger partial charge in [0.25, 0.3) is 5.91 Å². The van der Waals surface area contributed by atoms with Crippen molar-refractivity contribution in [2.75, 3.05) is 20.1 Å². The van der Waals surface area contributed by atoms with Gasteiger partial charge in [0, 0.05) is 13.6 Å². The second-order valence-electron chi connectivity index (χ2n) is 6.36. The molecule has 1 aromatic carbocycles. The van der Waals surface area contributed by atoms with E-state index >= 15 is 0 Å². The van der Waals surface area contributed by atoms with Crippen LogP contribution in [-0.4, -0.2) is 45.9 Å². The van der Waals surface area contributed by atoms with Gasteiger partial charge in [-0.25, -0.2) is 13.5 Å². The van der Waals surface area contributed by atoms with E-state index in [0.29, 0.717) is 11.3 Å². The topological polar surface area (TPSA) is 63.1 Å². The molecule has 134 valence electrons. The second kappa shape index (κ2) is 7.26. The van der Waals surface area contributed by atoms with Crippen LogP contribution in [0.3, 0.4) is 0 Å². The summed E-state index contributed by atoms with van der Waals surface area (Å²) in [5.41, 5.74) is 1.54. The van der Waals surface area contributed by atoms with Gasteiger partial charge in [-0.05, 0) is 50.6 Å². The molecule has 3 rings (SSSR count). The van der Waals surface area contributed by atoms with Crippen molar-refractivity contribution in [3.05, 3.63) is 46.8 Å². The number of rotatable bonds is 4. The van der Waals surface area contributed by atoms with Crippen molar-refractivity contribution in [2.24, 2.45) is 0 Å². The van der Waals surface area contributed by atoms with Crippen LogP contribution < -0.4 is 5.32 Å². The zero-order valence-electron chi connectivity index (χ0n) is 14.3. The minimum absolute atomic E-state index is 0.162. The Morgan fingerprint density at radius 1 is 1.32 bits per heavy atom. The molecule has 0 aliphatic carbocycles. The summed E-state index contributed by atoms with van der Waals surface area (Å²) >= 11 is 0. The molecule has 2 heterocycles. The summed E-state index contributed by atoms with van der Waals surface area (Å²) in [5.74, 6) is -2.12. The van der Waals surface area contributed by atoms with E-state index in [0.717, 1.165) is 43.8 Å². The number of piperidine rings is 1. The number of nitrogens with zero attached hydrogens (tertiary/aromatic N) is 4. The summed E-state index contributed by atoms with van der Waals surface area (Å²) in [4.78, 5) is 14.1. The Morgan fingerprint density at radius 2 is 2.04 bits per heavy atom. The van der Waals surface area contributed by atoms with Crippen molar-refractivity contribution >= 4 is 5.91 Å². The summed E-state index contributed by atoms with van der Waals surface area (Å²) in [6, 6.07) is 3.85. The molecule has 25 heavy (non-hydrogen) atoms. The third-order valence-electron chi connectivity index (χ3n) is 4.54. The zero-order chi connectivity index (χ0) is 18.0. The largest absolute Gasteiger partial charge is 0.336 e. The number of nitrogens with one attached hydrogen (secondary N) is 1. The maximum absolute atomic E-state index is 13.3. The van der Waals surface area contributed by atoms with Crippen molar-refractivity contribution in [2.45, 2.75) is 32.4 Å². The third kappa shape index (κ3) is 3.68. The van der Waals surface area contributed by atoms with Gasteiger partial charge in [-0.2, -0.15) is 0 Å². The van der Waals surface area contributed by atoms with Crippen LogP contribution in [0.15, 0.2) is 18.2 Å². The van der Waals surface area contributed by atoms with Crippen LogP contribution in [0.1, 0.15) is 40.6 Å². The van der Waals surface area contributed by atoms with Crippen LogP contribution in [0, 0.1) is 18.6 Å². The van der Waals surface area contributed by atoms with Gasteiger partial charge in [-0.3, -0.25) is 4.79 Å². The lowest BCUT2D eigenvalue weighted by Crippen LogP contribution is -2.30. The molecule has 8 heteroatoms. The van der Waals surface area contributed by atoms with E-state index in [1.165, 1.54) is 11.0 Å². The first kappa shape index (κ1) is 17.5. The number of carbonyl (C=O) groups excluding carboxylic acids is 1. The Labute approximate surface area is 144 Å². The first-order chi connectivity index (χ1) is 12.0. The van der Waals surface area contributed by atoms with Gasteiger partial charge < -0.3 is 10.2 Å². The van der Waals surface area contributed by atoms with E-state index in [2.05, 4.69) is 15.6 Å². The molecule has 0 unspecified atom stereocenters. The van der Waals surface area contributed by atoms with Gasteiger partial charge >= 0.3 is 0 Å². The number of hydrogen-bond acceptors (Lipinski definition) is 4. The molecule has 1 fully saturated rings. The monoisotopic (exact) mass is 349 g/mol. The van der Waals surface area contributed by atoms with Crippen LogP contribution in [0.2, 0.25) is 0 Å². The highest BCUT2D eigenvalue weighted by Crippen LogP contribution is 2.21. The summed E-state index contributed by atoms with van der Waals surface area (Å²) in [6.45, 7) is 3.84. The van der Waals surface area contributed by atoms with Gasteiger partial charge in [-0.15, -0.1) is 5.10 Å². The van der Waals surface area contributed by atoms with Crippen molar-refractivity contribution in [1.29, 1.82) is 0 Å². The zero-order valence-corrected chi connectivity index (χ0v) is 14.3. The Balaban J connectivity index is 1.73. The summed E-state index contributed by atoms with van der Waals surface area (Å²) in [5, 5.41) is 11.5. The summed E-state index contributed by atoms with van der Waals surface area (Å²) in [7, 11) is 1.60. The van der Waals surface area contributed by atoms with E-state index < -0.39 is 11.6 Å². The van der Waals surface area contributed by atoms with Gasteiger partial charge in [0.15, 0.2) is 17.3 Å². The van der Waals surface area contributed by atoms with Gasteiger partial charge in [0.05, 0.1) is 11.7 Å². The predicted octanol–water partition coefficient (Wildman–Crippen LogP) is 2.06. The molecule has 6 nitrogen and oxygen atoms in total. The highest BCUT2D eigenvalue weighted by Gasteiger charge is 2.24. The molecule has 0 atom stereocenters. The Kier molecular flexibility index (Phi) is 5.08. The van der Waals surface area contributed by atoms with Gasteiger partial charge in [0.2, 0.25) is 0 Å². The minimum Gasteiger partial charge on any atom is -0.336 e. The maximum Gasteiger partial charge on any atom is 0.276 e. The number of halogens is 2. The predicted molar refractivity (Wildman–Crippen MR) is 88.1 cm³/mol. The lowest BCUT2D eigenvalue weighted by atomic mass is 10.1. The molecule has 0 radical (unpaired) electrons. The quantitative estimate of drug-likeness (QED) is 0.918. The molecule has 2 aromatic rings.